The first-order chi connectivity index (χ1) is 7.66. The van der Waals surface area contributed by atoms with Crippen molar-refractivity contribution in [1.29, 1.82) is 0 Å². The molecule has 2 aliphatic rings. The molecule has 0 aromatic heterocycles. The maximum Gasteiger partial charge on any atom is 0.239 e. The van der Waals surface area contributed by atoms with Crippen LogP contribution in [0, 0.1) is 5.92 Å². The van der Waals surface area contributed by atoms with Gasteiger partial charge in [0, 0.05) is 19.1 Å². The second kappa shape index (κ2) is 5.17. The third-order valence-corrected chi connectivity index (χ3v) is 3.97. The first kappa shape index (κ1) is 11.9. The van der Waals surface area contributed by atoms with Gasteiger partial charge in [-0.3, -0.25) is 4.79 Å². The predicted octanol–water partition coefficient (Wildman–Crippen LogP) is 1.78. The molecule has 92 valence electrons. The summed E-state index contributed by atoms with van der Waals surface area (Å²) in [4.78, 5) is 14.1. The Labute approximate surface area is 98.6 Å². The molecule has 0 bridgehead atoms. The lowest BCUT2D eigenvalue weighted by Crippen LogP contribution is -2.46. The maximum atomic E-state index is 12.1. The highest BCUT2D eigenvalue weighted by Crippen LogP contribution is 2.25. The van der Waals surface area contributed by atoms with Crippen LogP contribution < -0.4 is 5.32 Å². The van der Waals surface area contributed by atoms with Gasteiger partial charge in [-0.25, -0.2) is 0 Å². The van der Waals surface area contributed by atoms with Crippen molar-refractivity contribution in [3.63, 3.8) is 0 Å². The van der Waals surface area contributed by atoms with Gasteiger partial charge in [-0.15, -0.1) is 0 Å². The van der Waals surface area contributed by atoms with Gasteiger partial charge in [0.2, 0.25) is 5.91 Å². The molecular weight excluding hydrogens is 200 g/mol. The van der Waals surface area contributed by atoms with E-state index >= 15 is 0 Å². The van der Waals surface area contributed by atoms with Crippen molar-refractivity contribution in [2.24, 2.45) is 5.92 Å². The SMILES string of the molecule is CC1CCC(NC(C)C(=O)N2CCCC2)C1. The minimum absolute atomic E-state index is 0.00778. The number of hydrogen-bond acceptors (Lipinski definition) is 2. The van der Waals surface area contributed by atoms with Crippen LogP contribution in [0.4, 0.5) is 0 Å². The minimum atomic E-state index is 0.00778. The maximum absolute atomic E-state index is 12.1. The summed E-state index contributed by atoms with van der Waals surface area (Å²) in [5, 5.41) is 3.49. The van der Waals surface area contributed by atoms with Crippen LogP contribution in [0.3, 0.4) is 0 Å². The molecule has 1 saturated carbocycles. The molecule has 3 unspecified atom stereocenters. The summed E-state index contributed by atoms with van der Waals surface area (Å²) in [5.74, 6) is 1.13. The van der Waals surface area contributed by atoms with E-state index in [9.17, 15) is 4.79 Å². The Hall–Kier alpha value is -0.570. The van der Waals surface area contributed by atoms with Gasteiger partial charge in [0.1, 0.15) is 0 Å². The standard InChI is InChI=1S/C13H24N2O/c1-10-5-6-12(9-10)14-11(2)13(16)15-7-3-4-8-15/h10-12,14H,3-9H2,1-2H3. The number of carbonyl (C=O) groups excluding carboxylic acids is 1. The number of nitrogens with zero attached hydrogens (tertiary/aromatic N) is 1. The van der Waals surface area contributed by atoms with Crippen LogP contribution in [-0.2, 0) is 4.79 Å². The van der Waals surface area contributed by atoms with Gasteiger partial charge < -0.3 is 10.2 Å². The van der Waals surface area contributed by atoms with E-state index in [2.05, 4.69) is 12.2 Å². The van der Waals surface area contributed by atoms with Crippen molar-refractivity contribution in [1.82, 2.24) is 10.2 Å². The van der Waals surface area contributed by atoms with Crippen LogP contribution in [0.5, 0.6) is 0 Å². The van der Waals surface area contributed by atoms with Crippen LogP contribution in [0.15, 0.2) is 0 Å². The largest absolute Gasteiger partial charge is 0.341 e. The lowest BCUT2D eigenvalue weighted by Gasteiger charge is -2.24. The molecule has 1 aliphatic carbocycles. The normalized spacial score (nSPS) is 32.0. The second-order valence-electron chi connectivity index (χ2n) is 5.54. The average Bonchev–Trinajstić information content (AvgIpc) is 2.88. The highest BCUT2D eigenvalue weighted by atomic mass is 16.2. The second-order valence-corrected chi connectivity index (χ2v) is 5.54. The van der Waals surface area contributed by atoms with E-state index in [1.165, 1.54) is 32.1 Å². The molecule has 1 amide bonds. The van der Waals surface area contributed by atoms with Crippen LogP contribution in [0.2, 0.25) is 0 Å². The van der Waals surface area contributed by atoms with E-state index in [1.54, 1.807) is 0 Å². The van der Waals surface area contributed by atoms with Gasteiger partial charge in [-0.05, 0) is 44.9 Å². The molecule has 0 aromatic carbocycles. The van der Waals surface area contributed by atoms with Crippen molar-refractivity contribution in [2.45, 2.75) is 58.0 Å². The first-order valence-electron chi connectivity index (χ1n) is 6.71. The topological polar surface area (TPSA) is 32.3 Å². The molecule has 0 radical (unpaired) electrons. The minimum Gasteiger partial charge on any atom is -0.341 e. The van der Waals surface area contributed by atoms with Gasteiger partial charge in [0.05, 0.1) is 6.04 Å². The summed E-state index contributed by atoms with van der Waals surface area (Å²) >= 11 is 0. The van der Waals surface area contributed by atoms with Crippen molar-refractivity contribution in [3.8, 4) is 0 Å². The number of amides is 1. The molecule has 0 spiro atoms. The molecule has 1 N–H and O–H groups in total. The third-order valence-electron chi connectivity index (χ3n) is 3.97. The number of hydrogen-bond donors (Lipinski definition) is 1. The number of carbonyl (C=O) groups is 1. The van der Waals surface area contributed by atoms with E-state index < -0.39 is 0 Å². The Morgan fingerprint density at radius 1 is 1.31 bits per heavy atom. The molecule has 3 nitrogen and oxygen atoms in total. The summed E-state index contributed by atoms with van der Waals surface area (Å²) < 4.78 is 0. The fourth-order valence-electron chi connectivity index (χ4n) is 2.99. The van der Waals surface area contributed by atoms with E-state index in [0.717, 1.165) is 19.0 Å². The molecule has 3 atom stereocenters. The molecule has 0 aromatic rings. The molecule has 1 aliphatic heterocycles. The number of rotatable bonds is 3. The third kappa shape index (κ3) is 2.76. The molecule has 2 fully saturated rings. The molecule has 16 heavy (non-hydrogen) atoms. The zero-order valence-corrected chi connectivity index (χ0v) is 10.5. The van der Waals surface area contributed by atoms with E-state index in [-0.39, 0.29) is 6.04 Å². The lowest BCUT2D eigenvalue weighted by molar-refractivity contribution is -0.132. The van der Waals surface area contributed by atoms with Crippen LogP contribution in [-0.4, -0.2) is 36.0 Å². The van der Waals surface area contributed by atoms with E-state index in [0.29, 0.717) is 11.9 Å². The lowest BCUT2D eigenvalue weighted by atomic mass is 10.1. The van der Waals surface area contributed by atoms with E-state index in [4.69, 9.17) is 0 Å². The van der Waals surface area contributed by atoms with Crippen LogP contribution in [0.25, 0.3) is 0 Å². The zero-order valence-electron chi connectivity index (χ0n) is 10.5. The summed E-state index contributed by atoms with van der Waals surface area (Å²) in [5.41, 5.74) is 0. The van der Waals surface area contributed by atoms with Crippen molar-refractivity contribution in [3.05, 3.63) is 0 Å². The van der Waals surface area contributed by atoms with Crippen molar-refractivity contribution < 1.29 is 4.79 Å². The fraction of sp³-hybridized carbons (Fsp3) is 0.923. The Balaban J connectivity index is 1.78. The molecule has 1 heterocycles. The summed E-state index contributed by atoms with van der Waals surface area (Å²) in [7, 11) is 0. The van der Waals surface area contributed by atoms with Gasteiger partial charge >= 0.3 is 0 Å². The number of likely N-dealkylation sites (tertiary alicyclic amines) is 1. The molecule has 2 rings (SSSR count). The van der Waals surface area contributed by atoms with Gasteiger partial charge in [0.25, 0.3) is 0 Å². The van der Waals surface area contributed by atoms with Crippen molar-refractivity contribution in [2.75, 3.05) is 13.1 Å². The molecule has 1 saturated heterocycles. The molecular formula is C13H24N2O. The average molecular weight is 224 g/mol. The van der Waals surface area contributed by atoms with E-state index in [1.807, 2.05) is 11.8 Å². The predicted molar refractivity (Wildman–Crippen MR) is 65.2 cm³/mol. The smallest absolute Gasteiger partial charge is 0.239 e. The van der Waals surface area contributed by atoms with Gasteiger partial charge in [0.15, 0.2) is 0 Å². The fourth-order valence-corrected chi connectivity index (χ4v) is 2.99. The van der Waals surface area contributed by atoms with Crippen LogP contribution in [0.1, 0.15) is 46.0 Å². The Morgan fingerprint density at radius 2 is 2.00 bits per heavy atom. The summed E-state index contributed by atoms with van der Waals surface area (Å²) in [6.45, 7) is 6.25. The summed E-state index contributed by atoms with van der Waals surface area (Å²) in [6, 6.07) is 0.574. The monoisotopic (exact) mass is 224 g/mol. The van der Waals surface area contributed by atoms with Gasteiger partial charge in [-0.2, -0.15) is 0 Å². The number of nitrogens with one attached hydrogen (secondary N) is 1. The Kier molecular flexibility index (Phi) is 3.85. The van der Waals surface area contributed by atoms with Crippen molar-refractivity contribution >= 4 is 5.91 Å². The van der Waals surface area contributed by atoms with Crippen LogP contribution >= 0.6 is 0 Å². The zero-order chi connectivity index (χ0) is 11.5. The quantitative estimate of drug-likeness (QED) is 0.792. The Morgan fingerprint density at radius 3 is 2.56 bits per heavy atom. The van der Waals surface area contributed by atoms with Gasteiger partial charge in [-0.1, -0.05) is 6.92 Å². The first-order valence-corrected chi connectivity index (χ1v) is 6.71. The Bertz CT molecular complexity index is 248. The highest BCUT2D eigenvalue weighted by molar-refractivity contribution is 5.81. The summed E-state index contributed by atoms with van der Waals surface area (Å²) in [6.07, 6.45) is 6.14. The molecule has 3 heteroatoms. The highest BCUT2D eigenvalue weighted by Gasteiger charge is 2.27.